The van der Waals surface area contributed by atoms with Gasteiger partial charge in [-0.2, -0.15) is 13.2 Å². The standard InChI is InChI=1S/C18H17F3N4O2/c1-2-24-8-5-12-6-9-25(17(27)15(12)24)10-7-22-16(26)13-3-4-14(23-11-13)18(19,20)21/h3-6,8-9,11H,2,7,10H2,1H3,(H,22,26). The number of carbonyl (C=O) groups excluding carboxylic acids is 1. The second-order valence-electron chi connectivity index (χ2n) is 5.91. The minimum atomic E-state index is -4.55. The van der Waals surface area contributed by atoms with Crippen molar-refractivity contribution in [3.05, 3.63) is 64.5 Å². The van der Waals surface area contributed by atoms with Crippen LogP contribution in [0.25, 0.3) is 10.9 Å². The molecule has 0 spiro atoms. The quantitative estimate of drug-likeness (QED) is 0.742. The summed E-state index contributed by atoms with van der Waals surface area (Å²) in [6, 6.07) is 5.51. The van der Waals surface area contributed by atoms with Gasteiger partial charge in [-0.15, -0.1) is 0 Å². The van der Waals surface area contributed by atoms with Gasteiger partial charge in [-0.3, -0.25) is 14.6 Å². The van der Waals surface area contributed by atoms with Gasteiger partial charge in [-0.05, 0) is 31.2 Å². The Hall–Kier alpha value is -3.10. The molecule has 3 aromatic rings. The van der Waals surface area contributed by atoms with Crippen molar-refractivity contribution in [1.29, 1.82) is 0 Å². The van der Waals surface area contributed by atoms with Gasteiger partial charge in [0.2, 0.25) is 0 Å². The number of fused-ring (bicyclic) bond motifs is 1. The highest BCUT2D eigenvalue weighted by molar-refractivity contribution is 5.93. The van der Waals surface area contributed by atoms with Crippen LogP contribution in [-0.4, -0.2) is 26.6 Å². The van der Waals surface area contributed by atoms with E-state index in [0.29, 0.717) is 12.1 Å². The smallest absolute Gasteiger partial charge is 0.350 e. The van der Waals surface area contributed by atoms with Crippen molar-refractivity contribution in [3.8, 4) is 0 Å². The molecule has 27 heavy (non-hydrogen) atoms. The zero-order chi connectivity index (χ0) is 19.6. The summed E-state index contributed by atoms with van der Waals surface area (Å²) < 4.78 is 40.8. The van der Waals surface area contributed by atoms with E-state index in [2.05, 4.69) is 10.3 Å². The topological polar surface area (TPSA) is 68.9 Å². The molecule has 0 saturated heterocycles. The number of amides is 1. The zero-order valence-corrected chi connectivity index (χ0v) is 14.5. The fourth-order valence-corrected chi connectivity index (χ4v) is 2.77. The second kappa shape index (κ2) is 7.26. The maximum absolute atomic E-state index is 12.6. The van der Waals surface area contributed by atoms with Gasteiger partial charge in [-0.1, -0.05) is 0 Å². The molecule has 0 unspecified atom stereocenters. The Balaban J connectivity index is 1.66. The van der Waals surface area contributed by atoms with Crippen molar-refractivity contribution < 1.29 is 18.0 Å². The summed E-state index contributed by atoms with van der Waals surface area (Å²) in [5.74, 6) is -0.553. The van der Waals surface area contributed by atoms with Crippen LogP contribution in [0.5, 0.6) is 0 Å². The van der Waals surface area contributed by atoms with E-state index in [4.69, 9.17) is 0 Å². The minimum Gasteiger partial charge on any atom is -0.350 e. The Morgan fingerprint density at radius 3 is 2.44 bits per heavy atom. The van der Waals surface area contributed by atoms with E-state index in [1.54, 1.807) is 6.20 Å². The van der Waals surface area contributed by atoms with Crippen LogP contribution in [0.4, 0.5) is 13.2 Å². The number of aryl methyl sites for hydroxylation is 1. The van der Waals surface area contributed by atoms with Crippen molar-refractivity contribution in [2.45, 2.75) is 26.2 Å². The maximum atomic E-state index is 12.6. The first-order valence-corrected chi connectivity index (χ1v) is 8.31. The number of pyridine rings is 2. The third kappa shape index (κ3) is 3.86. The molecule has 1 amide bonds. The van der Waals surface area contributed by atoms with Crippen LogP contribution in [0.15, 0.2) is 47.7 Å². The molecule has 0 atom stereocenters. The first kappa shape index (κ1) is 18.7. The SMILES string of the molecule is CCn1ccc2ccn(CCNC(=O)c3ccc(C(F)(F)F)nc3)c(=O)c21. The van der Waals surface area contributed by atoms with Crippen LogP contribution in [0.3, 0.4) is 0 Å². The Kier molecular flexibility index (Phi) is 5.02. The number of rotatable bonds is 5. The number of carbonyl (C=O) groups is 1. The number of hydrogen-bond acceptors (Lipinski definition) is 3. The molecule has 0 aliphatic carbocycles. The third-order valence-corrected chi connectivity index (χ3v) is 4.19. The molecule has 0 aliphatic heterocycles. The van der Waals surface area contributed by atoms with Crippen LogP contribution >= 0.6 is 0 Å². The van der Waals surface area contributed by atoms with Crippen molar-refractivity contribution in [2.75, 3.05) is 6.54 Å². The molecule has 0 aliphatic rings. The molecule has 9 heteroatoms. The number of nitrogens with zero attached hydrogens (tertiary/aromatic N) is 3. The Bertz CT molecular complexity index is 1020. The van der Waals surface area contributed by atoms with Crippen molar-refractivity contribution in [1.82, 2.24) is 19.4 Å². The van der Waals surface area contributed by atoms with E-state index in [9.17, 15) is 22.8 Å². The predicted molar refractivity (Wildman–Crippen MR) is 93.4 cm³/mol. The second-order valence-corrected chi connectivity index (χ2v) is 5.91. The fourth-order valence-electron chi connectivity index (χ4n) is 2.77. The highest BCUT2D eigenvalue weighted by atomic mass is 19.4. The molecule has 0 saturated carbocycles. The van der Waals surface area contributed by atoms with E-state index in [1.165, 1.54) is 4.57 Å². The highest BCUT2D eigenvalue weighted by Crippen LogP contribution is 2.27. The monoisotopic (exact) mass is 378 g/mol. The minimum absolute atomic E-state index is 0.0191. The molecule has 3 aromatic heterocycles. The van der Waals surface area contributed by atoms with E-state index in [0.717, 1.165) is 23.7 Å². The van der Waals surface area contributed by atoms with Crippen molar-refractivity contribution in [3.63, 3.8) is 0 Å². The van der Waals surface area contributed by atoms with Crippen LogP contribution in [-0.2, 0) is 19.3 Å². The molecular weight excluding hydrogens is 361 g/mol. The van der Waals surface area contributed by atoms with E-state index >= 15 is 0 Å². The number of hydrogen-bond donors (Lipinski definition) is 1. The molecule has 142 valence electrons. The van der Waals surface area contributed by atoms with Gasteiger partial charge in [0.15, 0.2) is 0 Å². The molecule has 1 N–H and O–H groups in total. The summed E-state index contributed by atoms with van der Waals surface area (Å²) in [4.78, 5) is 27.8. The van der Waals surface area contributed by atoms with Crippen LogP contribution in [0.1, 0.15) is 23.0 Å². The molecular formula is C18H17F3N4O2. The van der Waals surface area contributed by atoms with Gasteiger partial charge >= 0.3 is 6.18 Å². The zero-order valence-electron chi connectivity index (χ0n) is 14.5. The molecule has 3 heterocycles. The van der Waals surface area contributed by atoms with Crippen molar-refractivity contribution in [2.24, 2.45) is 0 Å². The van der Waals surface area contributed by atoms with E-state index in [-0.39, 0.29) is 24.2 Å². The van der Waals surface area contributed by atoms with Crippen molar-refractivity contribution >= 4 is 16.8 Å². The lowest BCUT2D eigenvalue weighted by atomic mass is 10.2. The molecule has 0 fully saturated rings. The highest BCUT2D eigenvalue weighted by Gasteiger charge is 2.32. The predicted octanol–water partition coefficient (Wildman–Crippen LogP) is 2.67. The third-order valence-electron chi connectivity index (χ3n) is 4.19. The Morgan fingerprint density at radius 1 is 1.15 bits per heavy atom. The van der Waals surface area contributed by atoms with Crippen LogP contribution < -0.4 is 10.9 Å². The van der Waals surface area contributed by atoms with Gasteiger partial charge in [0.25, 0.3) is 11.5 Å². The summed E-state index contributed by atoms with van der Waals surface area (Å²) in [6.45, 7) is 3.00. The summed E-state index contributed by atoms with van der Waals surface area (Å²) in [6.07, 6.45) is -0.179. The van der Waals surface area contributed by atoms with E-state index < -0.39 is 17.8 Å². The van der Waals surface area contributed by atoms with Gasteiger partial charge in [0, 0.05) is 43.6 Å². The summed E-state index contributed by atoms with van der Waals surface area (Å²) >= 11 is 0. The molecule has 6 nitrogen and oxygen atoms in total. The average molecular weight is 378 g/mol. The Morgan fingerprint density at radius 2 is 1.85 bits per heavy atom. The first-order valence-electron chi connectivity index (χ1n) is 8.31. The van der Waals surface area contributed by atoms with Gasteiger partial charge in [0.05, 0.1) is 5.56 Å². The Labute approximate surface area is 152 Å². The fraction of sp³-hybridized carbons (Fsp3) is 0.278. The van der Waals surface area contributed by atoms with Crippen LogP contribution in [0, 0.1) is 0 Å². The van der Waals surface area contributed by atoms with Crippen LogP contribution in [0.2, 0.25) is 0 Å². The number of aromatic nitrogens is 3. The van der Waals surface area contributed by atoms with Gasteiger partial charge in [0.1, 0.15) is 11.2 Å². The lowest BCUT2D eigenvalue weighted by molar-refractivity contribution is -0.141. The number of halogens is 3. The summed E-state index contributed by atoms with van der Waals surface area (Å²) in [5, 5.41) is 3.42. The van der Waals surface area contributed by atoms with Gasteiger partial charge in [-0.25, -0.2) is 0 Å². The number of nitrogens with one attached hydrogen (secondary N) is 1. The van der Waals surface area contributed by atoms with Gasteiger partial charge < -0.3 is 14.5 Å². The van der Waals surface area contributed by atoms with E-state index in [1.807, 2.05) is 29.8 Å². The lowest BCUT2D eigenvalue weighted by Crippen LogP contribution is -2.31. The molecule has 0 radical (unpaired) electrons. The number of alkyl halides is 3. The lowest BCUT2D eigenvalue weighted by Gasteiger charge is -2.10. The molecule has 0 aromatic carbocycles. The summed E-state index contributed by atoms with van der Waals surface area (Å²) in [5.41, 5.74) is -0.605. The molecule has 3 rings (SSSR count). The first-order chi connectivity index (χ1) is 12.8. The molecule has 0 bridgehead atoms. The normalized spacial score (nSPS) is 11.7. The largest absolute Gasteiger partial charge is 0.433 e. The average Bonchev–Trinajstić information content (AvgIpc) is 3.07. The summed E-state index contributed by atoms with van der Waals surface area (Å²) in [7, 11) is 0. The maximum Gasteiger partial charge on any atom is 0.433 e.